The highest BCUT2D eigenvalue weighted by Gasteiger charge is 2.69. The summed E-state index contributed by atoms with van der Waals surface area (Å²) in [6.45, 7) is 0. The van der Waals surface area contributed by atoms with E-state index in [0.29, 0.717) is 24.2 Å². The van der Waals surface area contributed by atoms with Crippen LogP contribution < -0.4 is 5.11 Å². The van der Waals surface area contributed by atoms with E-state index in [2.05, 4.69) is 0 Å². The quantitative estimate of drug-likeness (QED) is 0.688. The van der Waals surface area contributed by atoms with E-state index in [9.17, 15) is 19.5 Å². The summed E-state index contributed by atoms with van der Waals surface area (Å²) in [6, 6.07) is 0. The standard InChI is InChI=1S/C20H24O6/c21-17(22)13-11-4-12-14(13)18(23)25-15(12)16(11)26-19(24)20-5-8-1-9(6-20)3-10(2-8)7-20/h8-16H,1-7H2,(H,21,22)/p-1. The smallest absolute Gasteiger partial charge is 0.312 e. The molecule has 1 heterocycles. The second-order valence-electron chi connectivity index (χ2n) is 9.90. The largest absolute Gasteiger partial charge is 0.550 e. The van der Waals surface area contributed by atoms with Crippen molar-refractivity contribution in [2.75, 3.05) is 0 Å². The molecule has 1 saturated heterocycles. The monoisotopic (exact) mass is 359 g/mol. The molecule has 6 bridgehead atoms. The molecule has 7 fully saturated rings. The minimum atomic E-state index is -1.21. The summed E-state index contributed by atoms with van der Waals surface area (Å²) >= 11 is 0. The second kappa shape index (κ2) is 4.82. The fourth-order valence-electron chi connectivity index (χ4n) is 8.08. The van der Waals surface area contributed by atoms with E-state index in [0.717, 1.165) is 19.3 Å². The molecule has 0 aromatic carbocycles. The molecular formula is C20H23O6-. The third-order valence-electron chi connectivity index (χ3n) is 8.53. The summed E-state index contributed by atoms with van der Waals surface area (Å²) in [6.07, 6.45) is 6.00. The molecule has 0 N–H and O–H groups in total. The summed E-state index contributed by atoms with van der Waals surface area (Å²) in [4.78, 5) is 37.0. The van der Waals surface area contributed by atoms with Gasteiger partial charge in [-0.25, -0.2) is 0 Å². The van der Waals surface area contributed by atoms with Crippen molar-refractivity contribution in [3.8, 4) is 0 Å². The third kappa shape index (κ3) is 1.81. The topological polar surface area (TPSA) is 92.7 Å². The van der Waals surface area contributed by atoms with Crippen LogP contribution in [0, 0.1) is 46.8 Å². The molecule has 26 heavy (non-hydrogen) atoms. The van der Waals surface area contributed by atoms with Gasteiger partial charge >= 0.3 is 11.9 Å². The van der Waals surface area contributed by atoms with Crippen molar-refractivity contribution in [1.29, 1.82) is 0 Å². The van der Waals surface area contributed by atoms with Crippen LogP contribution in [-0.2, 0) is 23.9 Å². The predicted octanol–water partition coefficient (Wildman–Crippen LogP) is 0.672. The van der Waals surface area contributed by atoms with Gasteiger partial charge in [-0.2, -0.15) is 0 Å². The number of hydrogen-bond donors (Lipinski definition) is 0. The average molecular weight is 359 g/mol. The van der Waals surface area contributed by atoms with Crippen LogP contribution in [0.3, 0.4) is 0 Å². The Morgan fingerprint density at radius 3 is 2.19 bits per heavy atom. The molecule has 7 aliphatic rings. The van der Waals surface area contributed by atoms with Gasteiger partial charge in [-0.05, 0) is 62.7 Å². The average Bonchev–Trinajstić information content (AvgIpc) is 3.16. The molecule has 7 rings (SSSR count). The number of rotatable bonds is 3. The Kier molecular flexibility index (Phi) is 2.86. The molecule has 6 nitrogen and oxygen atoms in total. The molecule has 0 aromatic heterocycles. The van der Waals surface area contributed by atoms with Crippen molar-refractivity contribution in [2.24, 2.45) is 46.8 Å². The van der Waals surface area contributed by atoms with Gasteiger partial charge in [0.15, 0.2) is 0 Å². The minimum Gasteiger partial charge on any atom is -0.550 e. The summed E-state index contributed by atoms with van der Waals surface area (Å²) < 4.78 is 11.4. The predicted molar refractivity (Wildman–Crippen MR) is 83.9 cm³/mol. The lowest BCUT2D eigenvalue weighted by atomic mass is 9.49. The summed E-state index contributed by atoms with van der Waals surface area (Å²) in [5.74, 6) is -1.87. The Bertz CT molecular complexity index is 678. The maximum Gasteiger partial charge on any atom is 0.312 e. The summed E-state index contributed by atoms with van der Waals surface area (Å²) in [5, 5.41) is 11.6. The lowest BCUT2D eigenvalue weighted by Crippen LogP contribution is -2.53. The zero-order valence-electron chi connectivity index (χ0n) is 14.6. The van der Waals surface area contributed by atoms with Gasteiger partial charge in [0.1, 0.15) is 12.2 Å². The number of ether oxygens (including phenoxy) is 2. The number of esters is 2. The first-order valence-corrected chi connectivity index (χ1v) is 10.1. The highest BCUT2D eigenvalue weighted by molar-refractivity contribution is 5.85. The van der Waals surface area contributed by atoms with Crippen molar-refractivity contribution in [2.45, 2.75) is 57.2 Å². The number of carboxylic acids is 1. The zero-order chi connectivity index (χ0) is 17.8. The van der Waals surface area contributed by atoms with Gasteiger partial charge in [0.05, 0.1) is 11.3 Å². The molecule has 6 aliphatic carbocycles. The normalized spacial score (nSPS) is 55.2. The van der Waals surface area contributed by atoms with Crippen molar-refractivity contribution >= 4 is 17.9 Å². The molecule has 0 amide bonds. The van der Waals surface area contributed by atoms with Crippen molar-refractivity contribution in [3.63, 3.8) is 0 Å². The number of hydrogen-bond acceptors (Lipinski definition) is 6. The number of fused-ring (bicyclic) bond motifs is 1. The summed E-state index contributed by atoms with van der Waals surface area (Å²) in [7, 11) is 0. The first kappa shape index (κ1) is 15.5. The van der Waals surface area contributed by atoms with Gasteiger partial charge in [-0.15, -0.1) is 0 Å². The van der Waals surface area contributed by atoms with Gasteiger partial charge in [-0.3, -0.25) is 9.59 Å². The summed E-state index contributed by atoms with van der Waals surface area (Å²) in [5.41, 5.74) is -0.379. The number of carboxylic acid groups (broad SMARTS) is 1. The van der Waals surface area contributed by atoms with E-state index in [1.54, 1.807) is 0 Å². The molecule has 6 unspecified atom stereocenters. The van der Waals surface area contributed by atoms with Crippen LogP contribution in [0.1, 0.15) is 44.9 Å². The number of carbonyl (C=O) groups is 3. The molecule has 0 radical (unpaired) electrons. The Balaban J connectivity index is 1.27. The molecule has 6 heteroatoms. The van der Waals surface area contributed by atoms with Crippen LogP contribution in [0.5, 0.6) is 0 Å². The van der Waals surface area contributed by atoms with Crippen LogP contribution in [0.4, 0.5) is 0 Å². The van der Waals surface area contributed by atoms with Gasteiger partial charge in [-0.1, -0.05) is 0 Å². The molecule has 0 spiro atoms. The van der Waals surface area contributed by atoms with E-state index in [4.69, 9.17) is 9.47 Å². The van der Waals surface area contributed by atoms with Crippen LogP contribution in [0.15, 0.2) is 0 Å². The lowest BCUT2D eigenvalue weighted by Gasteiger charge is -2.55. The van der Waals surface area contributed by atoms with Crippen LogP contribution in [-0.4, -0.2) is 30.1 Å². The third-order valence-corrected chi connectivity index (χ3v) is 8.53. The van der Waals surface area contributed by atoms with Crippen LogP contribution in [0.25, 0.3) is 0 Å². The van der Waals surface area contributed by atoms with Crippen LogP contribution >= 0.6 is 0 Å². The van der Waals surface area contributed by atoms with E-state index in [1.165, 1.54) is 19.3 Å². The lowest BCUT2D eigenvalue weighted by molar-refractivity contribution is -0.315. The Morgan fingerprint density at radius 2 is 1.62 bits per heavy atom. The maximum atomic E-state index is 13.2. The van der Waals surface area contributed by atoms with E-state index in [-0.39, 0.29) is 23.2 Å². The highest BCUT2D eigenvalue weighted by atomic mass is 16.6. The second-order valence-corrected chi connectivity index (χ2v) is 9.90. The molecule has 0 aromatic rings. The fourth-order valence-corrected chi connectivity index (χ4v) is 8.08. The first-order chi connectivity index (χ1) is 12.4. The van der Waals surface area contributed by atoms with Gasteiger partial charge < -0.3 is 19.4 Å². The van der Waals surface area contributed by atoms with Crippen molar-refractivity contribution in [1.82, 2.24) is 0 Å². The molecular weight excluding hydrogens is 336 g/mol. The molecule has 140 valence electrons. The first-order valence-electron chi connectivity index (χ1n) is 10.1. The van der Waals surface area contributed by atoms with E-state index in [1.807, 2.05) is 0 Å². The molecule has 6 saturated carbocycles. The fraction of sp³-hybridized carbons (Fsp3) is 0.850. The Hall–Kier alpha value is -1.59. The minimum absolute atomic E-state index is 0.135. The van der Waals surface area contributed by atoms with Gasteiger partial charge in [0, 0.05) is 23.7 Å². The zero-order valence-corrected chi connectivity index (χ0v) is 14.6. The molecule has 6 atom stereocenters. The SMILES string of the molecule is O=C([O-])C1C2CC3C(OC(=O)C31)C2OC(=O)C12CC3CC(CC(C3)C1)C2. The Labute approximate surface area is 151 Å². The Morgan fingerprint density at radius 1 is 1.00 bits per heavy atom. The molecule has 1 aliphatic heterocycles. The number of carbonyl (C=O) groups excluding carboxylic acids is 3. The number of aliphatic carboxylic acids is 1. The van der Waals surface area contributed by atoms with Crippen molar-refractivity contribution in [3.05, 3.63) is 0 Å². The van der Waals surface area contributed by atoms with E-state index < -0.39 is 36.0 Å². The van der Waals surface area contributed by atoms with Crippen molar-refractivity contribution < 1.29 is 29.0 Å². The van der Waals surface area contributed by atoms with Gasteiger partial charge in [0.2, 0.25) is 0 Å². The van der Waals surface area contributed by atoms with Crippen LogP contribution in [0.2, 0.25) is 0 Å². The maximum absolute atomic E-state index is 13.2. The van der Waals surface area contributed by atoms with E-state index >= 15 is 0 Å². The highest BCUT2D eigenvalue weighted by Crippen LogP contribution is 2.62. The van der Waals surface area contributed by atoms with Gasteiger partial charge in [0.25, 0.3) is 0 Å².